The SMILES string of the molecule is Cc1cc(C)c(NC(=O)CNC(=O)c2ccc(CSc3nc4ccccc4s3)cc2)c(C)c1. The van der Waals surface area contributed by atoms with Crippen molar-refractivity contribution in [2.24, 2.45) is 0 Å². The number of nitrogens with zero attached hydrogens (tertiary/aromatic N) is 1. The summed E-state index contributed by atoms with van der Waals surface area (Å²) in [4.78, 5) is 29.4. The average molecular weight is 476 g/mol. The van der Waals surface area contributed by atoms with E-state index in [0.717, 1.165) is 43.6 Å². The zero-order valence-corrected chi connectivity index (χ0v) is 20.4. The number of hydrogen-bond donors (Lipinski definition) is 2. The molecule has 0 unspecified atom stereocenters. The Kier molecular flexibility index (Phi) is 7.11. The van der Waals surface area contributed by atoms with Crippen LogP contribution in [0.5, 0.6) is 0 Å². The van der Waals surface area contributed by atoms with Crippen molar-refractivity contribution in [2.45, 2.75) is 30.9 Å². The molecule has 33 heavy (non-hydrogen) atoms. The molecular formula is C26H25N3O2S2. The molecule has 168 valence electrons. The summed E-state index contributed by atoms with van der Waals surface area (Å²) in [6.07, 6.45) is 0. The monoisotopic (exact) mass is 475 g/mol. The first-order valence-corrected chi connectivity index (χ1v) is 12.4. The maximum Gasteiger partial charge on any atom is 0.251 e. The van der Waals surface area contributed by atoms with Crippen LogP contribution in [0.3, 0.4) is 0 Å². The molecule has 0 bridgehead atoms. The first-order valence-electron chi connectivity index (χ1n) is 10.6. The molecule has 0 atom stereocenters. The summed E-state index contributed by atoms with van der Waals surface area (Å²) in [7, 11) is 0. The number of thiazole rings is 1. The van der Waals surface area contributed by atoms with Gasteiger partial charge >= 0.3 is 0 Å². The van der Waals surface area contributed by atoms with Gasteiger partial charge in [0.25, 0.3) is 5.91 Å². The molecule has 0 aliphatic carbocycles. The minimum Gasteiger partial charge on any atom is -0.343 e. The molecule has 2 N–H and O–H groups in total. The maximum absolute atomic E-state index is 12.5. The topological polar surface area (TPSA) is 71.1 Å². The van der Waals surface area contributed by atoms with E-state index in [0.29, 0.717) is 5.56 Å². The Labute approximate surface area is 201 Å². The number of benzene rings is 3. The van der Waals surface area contributed by atoms with Gasteiger partial charge in [0.2, 0.25) is 5.91 Å². The highest BCUT2D eigenvalue weighted by atomic mass is 32.2. The number of aromatic nitrogens is 1. The van der Waals surface area contributed by atoms with Crippen LogP contribution in [0.25, 0.3) is 10.2 Å². The van der Waals surface area contributed by atoms with Crippen molar-refractivity contribution in [1.82, 2.24) is 10.3 Å². The quantitative estimate of drug-likeness (QED) is 0.327. The smallest absolute Gasteiger partial charge is 0.251 e. The minimum absolute atomic E-state index is 0.0825. The fourth-order valence-electron chi connectivity index (χ4n) is 3.63. The average Bonchev–Trinajstić information content (AvgIpc) is 3.22. The number of rotatable bonds is 7. The normalized spacial score (nSPS) is 10.9. The van der Waals surface area contributed by atoms with Gasteiger partial charge in [-0.15, -0.1) is 11.3 Å². The third-order valence-electron chi connectivity index (χ3n) is 5.20. The van der Waals surface area contributed by atoms with E-state index in [2.05, 4.69) is 21.7 Å². The third-order valence-corrected chi connectivity index (χ3v) is 7.45. The van der Waals surface area contributed by atoms with Crippen LogP contribution in [-0.4, -0.2) is 23.3 Å². The van der Waals surface area contributed by atoms with Crippen molar-refractivity contribution in [2.75, 3.05) is 11.9 Å². The molecule has 1 heterocycles. The number of hydrogen-bond acceptors (Lipinski definition) is 5. The third kappa shape index (κ3) is 5.80. The summed E-state index contributed by atoms with van der Waals surface area (Å²) < 4.78 is 2.21. The Bertz CT molecular complexity index is 1260. The maximum atomic E-state index is 12.5. The van der Waals surface area contributed by atoms with Crippen LogP contribution in [0.1, 0.15) is 32.6 Å². The first-order chi connectivity index (χ1) is 15.9. The summed E-state index contributed by atoms with van der Waals surface area (Å²) in [6, 6.07) is 19.6. The Balaban J connectivity index is 1.28. The van der Waals surface area contributed by atoms with E-state index in [4.69, 9.17) is 0 Å². The highest BCUT2D eigenvalue weighted by Crippen LogP contribution is 2.31. The lowest BCUT2D eigenvalue weighted by atomic mass is 10.1. The molecule has 2 amide bonds. The van der Waals surface area contributed by atoms with Crippen molar-refractivity contribution in [3.8, 4) is 0 Å². The Morgan fingerprint density at radius 2 is 1.67 bits per heavy atom. The molecule has 0 aliphatic heterocycles. The second-order valence-electron chi connectivity index (χ2n) is 7.94. The van der Waals surface area contributed by atoms with E-state index in [1.165, 1.54) is 4.70 Å². The largest absolute Gasteiger partial charge is 0.343 e. The number of thioether (sulfide) groups is 1. The van der Waals surface area contributed by atoms with Gasteiger partial charge in [0.1, 0.15) is 0 Å². The highest BCUT2D eigenvalue weighted by Gasteiger charge is 2.11. The molecular weight excluding hydrogens is 450 g/mol. The summed E-state index contributed by atoms with van der Waals surface area (Å²) in [6.45, 7) is 5.87. The Morgan fingerprint density at radius 1 is 0.970 bits per heavy atom. The summed E-state index contributed by atoms with van der Waals surface area (Å²) in [5.41, 5.74) is 6.62. The predicted octanol–water partition coefficient (Wildman–Crippen LogP) is 5.88. The van der Waals surface area contributed by atoms with Gasteiger partial charge in [-0.3, -0.25) is 9.59 Å². The van der Waals surface area contributed by atoms with Crippen molar-refractivity contribution in [3.63, 3.8) is 0 Å². The highest BCUT2D eigenvalue weighted by molar-refractivity contribution is 8.00. The van der Waals surface area contributed by atoms with Crippen LogP contribution in [0, 0.1) is 20.8 Å². The molecule has 0 saturated heterocycles. The second kappa shape index (κ2) is 10.2. The van der Waals surface area contributed by atoms with Gasteiger partial charge in [0, 0.05) is 17.0 Å². The molecule has 4 aromatic rings. The van der Waals surface area contributed by atoms with Gasteiger partial charge in [0.05, 0.1) is 16.8 Å². The van der Waals surface area contributed by atoms with Crippen molar-refractivity contribution in [3.05, 3.63) is 88.5 Å². The van der Waals surface area contributed by atoms with Crippen LogP contribution in [0.2, 0.25) is 0 Å². The van der Waals surface area contributed by atoms with Gasteiger partial charge in [0.15, 0.2) is 4.34 Å². The lowest BCUT2D eigenvalue weighted by Gasteiger charge is -2.13. The van der Waals surface area contributed by atoms with Gasteiger partial charge < -0.3 is 10.6 Å². The first kappa shape index (κ1) is 23.0. The van der Waals surface area contributed by atoms with Gasteiger partial charge in [-0.1, -0.05) is 53.7 Å². The van der Waals surface area contributed by atoms with E-state index in [9.17, 15) is 9.59 Å². The number of carbonyl (C=O) groups is 2. The Hall–Kier alpha value is -3.16. The van der Waals surface area contributed by atoms with E-state index in [1.807, 2.05) is 63.2 Å². The second-order valence-corrected chi connectivity index (χ2v) is 10.2. The Morgan fingerprint density at radius 3 is 2.36 bits per heavy atom. The fraction of sp³-hybridized carbons (Fsp3) is 0.192. The molecule has 4 rings (SSSR count). The fourth-order valence-corrected chi connectivity index (χ4v) is 5.66. The lowest BCUT2D eigenvalue weighted by molar-refractivity contribution is -0.115. The van der Waals surface area contributed by atoms with E-state index in [1.54, 1.807) is 35.2 Å². The van der Waals surface area contributed by atoms with Crippen LogP contribution in [0.4, 0.5) is 5.69 Å². The molecule has 7 heteroatoms. The molecule has 5 nitrogen and oxygen atoms in total. The standard InChI is InChI=1S/C26H25N3O2S2/c1-16-12-17(2)24(18(3)13-16)29-23(30)14-27-25(31)20-10-8-19(9-11-20)15-32-26-28-21-6-4-5-7-22(21)33-26/h4-13H,14-15H2,1-3H3,(H,27,31)(H,29,30). The molecule has 0 spiro atoms. The summed E-state index contributed by atoms with van der Waals surface area (Å²) in [5, 5.41) is 5.60. The van der Waals surface area contributed by atoms with Crippen LogP contribution < -0.4 is 10.6 Å². The molecule has 3 aromatic carbocycles. The number of fused-ring (bicyclic) bond motifs is 1. The number of para-hydroxylation sites is 1. The van der Waals surface area contributed by atoms with Gasteiger partial charge in [-0.25, -0.2) is 4.98 Å². The van der Waals surface area contributed by atoms with Crippen molar-refractivity contribution >= 4 is 50.8 Å². The van der Waals surface area contributed by atoms with Gasteiger partial charge in [-0.05, 0) is 61.7 Å². The van der Waals surface area contributed by atoms with E-state index >= 15 is 0 Å². The summed E-state index contributed by atoms with van der Waals surface area (Å²) >= 11 is 3.37. The van der Waals surface area contributed by atoms with E-state index in [-0.39, 0.29) is 18.4 Å². The molecule has 0 saturated carbocycles. The lowest BCUT2D eigenvalue weighted by Crippen LogP contribution is -2.33. The van der Waals surface area contributed by atoms with Gasteiger partial charge in [-0.2, -0.15) is 0 Å². The predicted molar refractivity (Wildman–Crippen MR) is 137 cm³/mol. The molecule has 0 radical (unpaired) electrons. The number of amides is 2. The van der Waals surface area contributed by atoms with Crippen LogP contribution >= 0.6 is 23.1 Å². The number of aryl methyl sites for hydroxylation is 3. The molecule has 0 aliphatic rings. The zero-order chi connectivity index (χ0) is 23.4. The van der Waals surface area contributed by atoms with Crippen LogP contribution in [0.15, 0.2) is 65.0 Å². The summed E-state index contributed by atoms with van der Waals surface area (Å²) in [5.74, 6) is 0.259. The zero-order valence-electron chi connectivity index (χ0n) is 18.8. The number of carbonyl (C=O) groups excluding carboxylic acids is 2. The van der Waals surface area contributed by atoms with Crippen molar-refractivity contribution in [1.29, 1.82) is 0 Å². The van der Waals surface area contributed by atoms with Crippen LogP contribution in [-0.2, 0) is 10.5 Å². The number of anilines is 1. The van der Waals surface area contributed by atoms with Crippen molar-refractivity contribution < 1.29 is 9.59 Å². The minimum atomic E-state index is -0.270. The molecule has 1 aromatic heterocycles. The molecule has 0 fully saturated rings. The number of nitrogens with one attached hydrogen (secondary N) is 2. The van der Waals surface area contributed by atoms with E-state index < -0.39 is 0 Å².